The molecule has 0 aliphatic carbocycles. The van der Waals surface area contributed by atoms with Crippen LogP contribution in [0.1, 0.15) is 45.3 Å². The highest BCUT2D eigenvalue weighted by molar-refractivity contribution is 5.60. The van der Waals surface area contributed by atoms with Crippen LogP contribution in [0.25, 0.3) is 0 Å². The van der Waals surface area contributed by atoms with Crippen molar-refractivity contribution in [2.75, 3.05) is 25.1 Å². The Morgan fingerprint density at radius 2 is 2.11 bits per heavy atom. The average Bonchev–Trinajstić information content (AvgIpc) is 2.36. The van der Waals surface area contributed by atoms with Crippen LogP contribution in [0, 0.1) is 5.41 Å². The predicted octanol–water partition coefficient (Wildman–Crippen LogP) is 3.37. The van der Waals surface area contributed by atoms with Gasteiger partial charge in [0, 0.05) is 24.3 Å². The van der Waals surface area contributed by atoms with Crippen LogP contribution in [0.5, 0.6) is 5.75 Å². The van der Waals surface area contributed by atoms with Gasteiger partial charge in [-0.2, -0.15) is 0 Å². The minimum atomic E-state index is -0.517. The Bertz CT molecular complexity index is 440. The summed E-state index contributed by atoms with van der Waals surface area (Å²) >= 11 is 0. The lowest BCUT2D eigenvalue weighted by Gasteiger charge is -2.40. The van der Waals surface area contributed by atoms with Crippen LogP contribution in [0.3, 0.4) is 0 Å². The Morgan fingerprint density at radius 3 is 2.68 bits per heavy atom. The van der Waals surface area contributed by atoms with Crippen LogP contribution in [0.15, 0.2) is 18.2 Å². The molecule has 106 valence electrons. The molecule has 3 nitrogen and oxygen atoms in total. The molecule has 0 radical (unpaired) electrons. The molecular weight excluding hydrogens is 238 g/mol. The van der Waals surface area contributed by atoms with E-state index in [1.54, 1.807) is 14.0 Å². The smallest absolute Gasteiger partial charge is 0.126 e. The van der Waals surface area contributed by atoms with Gasteiger partial charge in [0.2, 0.25) is 0 Å². The van der Waals surface area contributed by atoms with Crippen molar-refractivity contribution < 1.29 is 9.84 Å². The van der Waals surface area contributed by atoms with Crippen molar-refractivity contribution in [3.05, 3.63) is 23.8 Å². The zero-order valence-electron chi connectivity index (χ0n) is 12.4. The lowest BCUT2D eigenvalue weighted by atomic mass is 9.83. The van der Waals surface area contributed by atoms with E-state index in [1.165, 1.54) is 12.8 Å². The van der Waals surface area contributed by atoms with Crippen LogP contribution in [-0.4, -0.2) is 25.3 Å². The fraction of sp³-hybridized carbons (Fsp3) is 0.625. The first-order valence-corrected chi connectivity index (χ1v) is 7.04. The Hall–Kier alpha value is -1.22. The molecule has 1 N–H and O–H groups in total. The zero-order chi connectivity index (χ0) is 14.0. The number of hydrogen-bond donors (Lipinski definition) is 1. The molecule has 19 heavy (non-hydrogen) atoms. The summed E-state index contributed by atoms with van der Waals surface area (Å²) in [6.07, 6.45) is 1.94. The highest BCUT2D eigenvalue weighted by Gasteiger charge is 2.28. The van der Waals surface area contributed by atoms with Gasteiger partial charge in [0.05, 0.1) is 13.2 Å². The number of aliphatic hydroxyl groups is 1. The van der Waals surface area contributed by atoms with Gasteiger partial charge in [-0.15, -0.1) is 0 Å². The van der Waals surface area contributed by atoms with Crippen LogP contribution in [-0.2, 0) is 0 Å². The summed E-state index contributed by atoms with van der Waals surface area (Å²) in [5.41, 5.74) is 2.35. The highest BCUT2D eigenvalue weighted by Crippen LogP contribution is 2.38. The summed E-state index contributed by atoms with van der Waals surface area (Å²) < 4.78 is 5.40. The van der Waals surface area contributed by atoms with E-state index in [9.17, 15) is 5.11 Å². The third-order valence-electron chi connectivity index (χ3n) is 3.92. The van der Waals surface area contributed by atoms with Crippen molar-refractivity contribution in [2.45, 2.75) is 39.7 Å². The van der Waals surface area contributed by atoms with E-state index in [0.29, 0.717) is 5.41 Å². The number of benzene rings is 1. The van der Waals surface area contributed by atoms with Crippen LogP contribution >= 0.6 is 0 Å². The Balaban J connectivity index is 2.38. The highest BCUT2D eigenvalue weighted by atomic mass is 16.5. The number of rotatable bonds is 3. The summed E-state index contributed by atoms with van der Waals surface area (Å²) in [6, 6.07) is 6.01. The molecule has 1 atom stereocenters. The summed E-state index contributed by atoms with van der Waals surface area (Å²) in [5, 5.41) is 10.1. The van der Waals surface area contributed by atoms with E-state index in [1.807, 2.05) is 12.1 Å². The minimum absolute atomic E-state index is 0.331. The number of hydrogen-bond acceptors (Lipinski definition) is 3. The lowest BCUT2D eigenvalue weighted by Crippen LogP contribution is -2.40. The molecule has 0 bridgehead atoms. The first-order valence-electron chi connectivity index (χ1n) is 7.04. The molecule has 1 fully saturated rings. The SMILES string of the molecule is COc1cccc(N2CCCC(C)(C)C2)c1[C@@H](C)O. The number of aliphatic hydroxyl groups excluding tert-OH is 1. The number of nitrogens with zero attached hydrogens (tertiary/aromatic N) is 1. The van der Waals surface area contributed by atoms with Gasteiger partial charge >= 0.3 is 0 Å². The summed E-state index contributed by atoms with van der Waals surface area (Å²) in [6.45, 7) is 8.50. The summed E-state index contributed by atoms with van der Waals surface area (Å²) in [5.74, 6) is 0.774. The molecule has 1 saturated heterocycles. The van der Waals surface area contributed by atoms with E-state index in [2.05, 4.69) is 24.8 Å². The zero-order valence-corrected chi connectivity index (χ0v) is 12.4. The van der Waals surface area contributed by atoms with Crippen molar-refractivity contribution in [3.63, 3.8) is 0 Å². The summed E-state index contributed by atoms with van der Waals surface area (Å²) in [7, 11) is 1.66. The van der Waals surface area contributed by atoms with E-state index < -0.39 is 6.10 Å². The van der Waals surface area contributed by atoms with E-state index in [0.717, 1.165) is 30.1 Å². The molecule has 3 heteroatoms. The Kier molecular flexibility index (Phi) is 4.04. The maximum Gasteiger partial charge on any atom is 0.126 e. The summed E-state index contributed by atoms with van der Waals surface area (Å²) in [4.78, 5) is 2.38. The van der Waals surface area contributed by atoms with Crippen molar-refractivity contribution in [1.29, 1.82) is 0 Å². The first-order chi connectivity index (χ1) is 8.94. The quantitative estimate of drug-likeness (QED) is 0.907. The van der Waals surface area contributed by atoms with Gasteiger partial charge in [-0.05, 0) is 37.3 Å². The first kappa shape index (κ1) is 14.2. The van der Waals surface area contributed by atoms with Crippen LogP contribution in [0.2, 0.25) is 0 Å². The van der Waals surface area contributed by atoms with Gasteiger partial charge in [0.1, 0.15) is 5.75 Å². The third kappa shape index (κ3) is 3.03. The molecule has 0 saturated carbocycles. The lowest BCUT2D eigenvalue weighted by molar-refractivity contribution is 0.194. The van der Waals surface area contributed by atoms with Gasteiger partial charge in [0.15, 0.2) is 0 Å². The second kappa shape index (κ2) is 5.41. The largest absolute Gasteiger partial charge is 0.496 e. The maximum absolute atomic E-state index is 10.1. The maximum atomic E-state index is 10.1. The number of methoxy groups -OCH3 is 1. The monoisotopic (exact) mass is 263 g/mol. The number of piperidine rings is 1. The molecule has 1 aromatic carbocycles. The molecule has 0 amide bonds. The third-order valence-corrected chi connectivity index (χ3v) is 3.92. The Morgan fingerprint density at radius 1 is 1.37 bits per heavy atom. The molecule has 0 aromatic heterocycles. The molecule has 0 unspecified atom stereocenters. The van der Waals surface area contributed by atoms with E-state index in [4.69, 9.17) is 4.74 Å². The molecule has 2 rings (SSSR count). The fourth-order valence-corrected chi connectivity index (χ4v) is 3.03. The Labute approximate surface area is 116 Å². The topological polar surface area (TPSA) is 32.7 Å². The van der Waals surface area contributed by atoms with E-state index >= 15 is 0 Å². The van der Waals surface area contributed by atoms with E-state index in [-0.39, 0.29) is 0 Å². The van der Waals surface area contributed by atoms with Crippen molar-refractivity contribution in [3.8, 4) is 5.75 Å². The molecular formula is C16H25NO2. The van der Waals surface area contributed by atoms with Gasteiger partial charge in [0.25, 0.3) is 0 Å². The van der Waals surface area contributed by atoms with Gasteiger partial charge in [-0.25, -0.2) is 0 Å². The normalized spacial score (nSPS) is 20.2. The molecule has 1 aliphatic heterocycles. The molecule has 0 spiro atoms. The van der Waals surface area contributed by atoms with Crippen molar-refractivity contribution in [2.24, 2.45) is 5.41 Å². The van der Waals surface area contributed by atoms with Gasteiger partial charge in [-0.1, -0.05) is 19.9 Å². The van der Waals surface area contributed by atoms with Crippen molar-refractivity contribution in [1.82, 2.24) is 0 Å². The molecule has 1 aliphatic rings. The van der Waals surface area contributed by atoms with Crippen LogP contribution in [0.4, 0.5) is 5.69 Å². The van der Waals surface area contributed by atoms with Gasteiger partial charge < -0.3 is 14.7 Å². The standard InChI is InChI=1S/C16H25NO2/c1-12(18)15-13(7-5-8-14(15)19-4)17-10-6-9-16(2,3)11-17/h5,7-8,12,18H,6,9-11H2,1-4H3/t12-/m1/s1. The second-order valence-electron chi connectivity index (χ2n) is 6.26. The molecule has 1 heterocycles. The number of anilines is 1. The molecule has 1 aromatic rings. The number of ether oxygens (including phenoxy) is 1. The van der Waals surface area contributed by atoms with Crippen molar-refractivity contribution >= 4 is 5.69 Å². The minimum Gasteiger partial charge on any atom is -0.496 e. The second-order valence-corrected chi connectivity index (χ2v) is 6.26. The van der Waals surface area contributed by atoms with Crippen LogP contribution < -0.4 is 9.64 Å². The predicted molar refractivity (Wildman–Crippen MR) is 78.9 cm³/mol. The fourth-order valence-electron chi connectivity index (χ4n) is 3.03. The van der Waals surface area contributed by atoms with Gasteiger partial charge in [-0.3, -0.25) is 0 Å². The average molecular weight is 263 g/mol.